The van der Waals surface area contributed by atoms with Crippen molar-refractivity contribution in [3.05, 3.63) is 42.7 Å². The summed E-state index contributed by atoms with van der Waals surface area (Å²) in [6.45, 7) is 0. The highest BCUT2D eigenvalue weighted by molar-refractivity contribution is 5.80. The fraction of sp³-hybridized carbons (Fsp3) is 0.238. The number of imidazole rings is 1. The number of aromatic nitrogens is 5. The van der Waals surface area contributed by atoms with Gasteiger partial charge < -0.3 is 24.4 Å². The molecule has 0 bridgehead atoms. The molecule has 0 atom stereocenters. The molecule has 0 aliphatic carbocycles. The van der Waals surface area contributed by atoms with Gasteiger partial charge in [0.1, 0.15) is 6.33 Å². The van der Waals surface area contributed by atoms with Gasteiger partial charge in [-0.3, -0.25) is 0 Å². The smallest absolute Gasteiger partial charge is 0.241 e. The zero-order chi connectivity index (χ0) is 22.0. The number of nitrogens with one attached hydrogen (secondary N) is 1. The number of benzene rings is 2. The van der Waals surface area contributed by atoms with E-state index in [1.165, 1.54) is 6.33 Å². The topological polar surface area (TPSA) is 99.5 Å². The lowest BCUT2D eigenvalue weighted by Gasteiger charge is -2.15. The first-order valence-electron chi connectivity index (χ1n) is 9.47. The van der Waals surface area contributed by atoms with Crippen LogP contribution >= 0.6 is 0 Å². The van der Waals surface area contributed by atoms with Crippen molar-refractivity contribution in [2.75, 3.05) is 45.6 Å². The predicted octanol–water partition coefficient (Wildman–Crippen LogP) is 3.05. The lowest BCUT2D eigenvalue weighted by Crippen LogP contribution is -2.16. The number of hydrogen-bond acceptors (Lipinski definition) is 9. The van der Waals surface area contributed by atoms with Crippen molar-refractivity contribution >= 4 is 28.6 Å². The Kier molecular flexibility index (Phi) is 5.44. The second kappa shape index (κ2) is 8.34. The fourth-order valence-corrected chi connectivity index (χ4v) is 3.25. The SMILES string of the molecule is COc1cc(Nc2ncnc(-n3c(N(C)C)nc4ccccc43)n2)cc(OC)c1OC. The minimum absolute atomic E-state index is 0.363. The monoisotopic (exact) mass is 421 g/mol. The standard InChI is InChI=1S/C21H23N7O3/c1-27(2)21-25-14-8-6-7-9-15(14)28(21)20-23-12-22-19(26-20)24-13-10-16(29-3)18(31-5)17(11-13)30-4/h6-12H,1-5H3,(H,22,23,24,26). The van der Waals surface area contributed by atoms with Crippen molar-refractivity contribution in [3.8, 4) is 23.2 Å². The highest BCUT2D eigenvalue weighted by Crippen LogP contribution is 2.40. The minimum Gasteiger partial charge on any atom is -0.493 e. The number of fused-ring (bicyclic) bond motifs is 1. The second-order valence-corrected chi connectivity index (χ2v) is 6.78. The Morgan fingerprint density at radius 3 is 2.26 bits per heavy atom. The van der Waals surface area contributed by atoms with Crippen molar-refractivity contribution in [1.82, 2.24) is 24.5 Å². The summed E-state index contributed by atoms with van der Waals surface area (Å²) in [5.74, 6) is 3.07. The largest absolute Gasteiger partial charge is 0.493 e. The van der Waals surface area contributed by atoms with Gasteiger partial charge in [-0.05, 0) is 12.1 Å². The molecule has 2 aromatic heterocycles. The average Bonchev–Trinajstić information content (AvgIpc) is 3.18. The first kappa shape index (κ1) is 20.2. The van der Waals surface area contributed by atoms with Gasteiger partial charge in [0.15, 0.2) is 11.5 Å². The zero-order valence-electron chi connectivity index (χ0n) is 17.9. The summed E-state index contributed by atoms with van der Waals surface area (Å²) in [4.78, 5) is 19.8. The van der Waals surface area contributed by atoms with Crippen LogP contribution in [0.2, 0.25) is 0 Å². The highest BCUT2D eigenvalue weighted by atomic mass is 16.5. The fourth-order valence-electron chi connectivity index (χ4n) is 3.25. The van der Waals surface area contributed by atoms with Gasteiger partial charge in [-0.2, -0.15) is 4.98 Å². The van der Waals surface area contributed by atoms with Gasteiger partial charge in [-0.15, -0.1) is 0 Å². The number of rotatable bonds is 7. The van der Waals surface area contributed by atoms with Crippen LogP contribution in [0.4, 0.5) is 17.6 Å². The van der Waals surface area contributed by atoms with Crippen LogP contribution < -0.4 is 24.4 Å². The molecule has 4 rings (SSSR count). The molecule has 0 unspecified atom stereocenters. The van der Waals surface area contributed by atoms with E-state index in [4.69, 9.17) is 14.2 Å². The van der Waals surface area contributed by atoms with Crippen molar-refractivity contribution in [2.24, 2.45) is 0 Å². The normalized spacial score (nSPS) is 10.7. The Bertz CT molecular complexity index is 1200. The van der Waals surface area contributed by atoms with E-state index in [-0.39, 0.29) is 0 Å². The molecule has 0 amide bonds. The molecular formula is C21H23N7O3. The summed E-state index contributed by atoms with van der Waals surface area (Å²) in [5.41, 5.74) is 2.43. The molecule has 0 saturated carbocycles. The molecule has 2 heterocycles. The quantitative estimate of drug-likeness (QED) is 0.482. The Balaban J connectivity index is 1.76. The summed E-state index contributed by atoms with van der Waals surface area (Å²) in [6.07, 6.45) is 1.46. The van der Waals surface area contributed by atoms with Gasteiger partial charge in [-0.25, -0.2) is 19.5 Å². The van der Waals surface area contributed by atoms with Crippen LogP contribution in [0, 0.1) is 0 Å². The van der Waals surface area contributed by atoms with E-state index in [0.29, 0.717) is 40.8 Å². The molecule has 0 aliphatic rings. The third-order valence-electron chi connectivity index (χ3n) is 4.62. The zero-order valence-corrected chi connectivity index (χ0v) is 17.9. The summed E-state index contributed by atoms with van der Waals surface area (Å²) in [6, 6.07) is 11.4. The third-order valence-corrected chi connectivity index (χ3v) is 4.62. The highest BCUT2D eigenvalue weighted by Gasteiger charge is 2.17. The molecular weight excluding hydrogens is 398 g/mol. The molecule has 160 valence electrons. The van der Waals surface area contributed by atoms with Gasteiger partial charge in [0.25, 0.3) is 0 Å². The first-order valence-corrected chi connectivity index (χ1v) is 9.47. The van der Waals surface area contributed by atoms with Crippen LogP contribution in [0.15, 0.2) is 42.7 Å². The first-order chi connectivity index (χ1) is 15.0. The maximum absolute atomic E-state index is 5.41. The van der Waals surface area contributed by atoms with Crippen LogP contribution in [0.1, 0.15) is 0 Å². The second-order valence-electron chi connectivity index (χ2n) is 6.78. The van der Waals surface area contributed by atoms with Crippen LogP contribution in [0.5, 0.6) is 17.2 Å². The van der Waals surface area contributed by atoms with Crippen LogP contribution in [0.25, 0.3) is 17.0 Å². The van der Waals surface area contributed by atoms with E-state index in [1.807, 2.05) is 47.8 Å². The van der Waals surface area contributed by atoms with Gasteiger partial charge >= 0.3 is 0 Å². The summed E-state index contributed by atoms with van der Waals surface area (Å²) in [5, 5.41) is 3.18. The van der Waals surface area contributed by atoms with Crippen molar-refractivity contribution in [2.45, 2.75) is 0 Å². The van der Waals surface area contributed by atoms with Crippen LogP contribution in [-0.2, 0) is 0 Å². The molecule has 10 heteroatoms. The van der Waals surface area contributed by atoms with E-state index in [2.05, 4.69) is 25.3 Å². The number of hydrogen-bond donors (Lipinski definition) is 1. The van der Waals surface area contributed by atoms with Gasteiger partial charge in [0.05, 0.1) is 32.4 Å². The number of para-hydroxylation sites is 2. The van der Waals surface area contributed by atoms with E-state index in [0.717, 1.165) is 11.0 Å². The maximum Gasteiger partial charge on any atom is 0.241 e. The third kappa shape index (κ3) is 3.75. The Hall–Kier alpha value is -4.08. The van der Waals surface area contributed by atoms with Crippen molar-refractivity contribution < 1.29 is 14.2 Å². The number of ether oxygens (including phenoxy) is 3. The molecule has 31 heavy (non-hydrogen) atoms. The minimum atomic E-state index is 0.363. The van der Waals surface area contributed by atoms with E-state index >= 15 is 0 Å². The van der Waals surface area contributed by atoms with E-state index in [1.54, 1.807) is 33.5 Å². The lowest BCUT2D eigenvalue weighted by molar-refractivity contribution is 0.324. The van der Waals surface area contributed by atoms with Gasteiger partial charge in [-0.1, -0.05) is 12.1 Å². The van der Waals surface area contributed by atoms with Crippen LogP contribution in [0.3, 0.4) is 0 Å². The lowest BCUT2D eigenvalue weighted by atomic mass is 10.2. The Morgan fingerprint density at radius 2 is 1.61 bits per heavy atom. The Labute approximate surface area is 179 Å². The van der Waals surface area contributed by atoms with Crippen molar-refractivity contribution in [3.63, 3.8) is 0 Å². The van der Waals surface area contributed by atoms with Crippen LogP contribution in [-0.4, -0.2) is 59.9 Å². The molecule has 0 radical (unpaired) electrons. The molecule has 0 spiro atoms. The summed E-state index contributed by atoms with van der Waals surface area (Å²) < 4.78 is 18.1. The summed E-state index contributed by atoms with van der Waals surface area (Å²) in [7, 11) is 8.54. The van der Waals surface area contributed by atoms with E-state index < -0.39 is 0 Å². The Morgan fingerprint density at radius 1 is 0.903 bits per heavy atom. The maximum atomic E-state index is 5.41. The number of methoxy groups -OCH3 is 3. The van der Waals surface area contributed by atoms with Crippen molar-refractivity contribution in [1.29, 1.82) is 0 Å². The molecule has 4 aromatic rings. The molecule has 1 N–H and O–H groups in total. The predicted molar refractivity (Wildman–Crippen MR) is 118 cm³/mol. The summed E-state index contributed by atoms with van der Waals surface area (Å²) >= 11 is 0. The molecule has 0 saturated heterocycles. The molecule has 2 aromatic carbocycles. The van der Waals surface area contributed by atoms with Gasteiger partial charge in [0.2, 0.25) is 23.6 Å². The molecule has 0 fully saturated rings. The average molecular weight is 421 g/mol. The van der Waals surface area contributed by atoms with E-state index in [9.17, 15) is 0 Å². The number of anilines is 3. The van der Waals surface area contributed by atoms with Gasteiger partial charge in [0, 0.05) is 31.9 Å². The molecule has 0 aliphatic heterocycles. The number of nitrogens with zero attached hydrogens (tertiary/aromatic N) is 6. The molecule has 10 nitrogen and oxygen atoms in total.